The van der Waals surface area contributed by atoms with Crippen molar-refractivity contribution in [2.75, 3.05) is 5.32 Å². The van der Waals surface area contributed by atoms with E-state index in [2.05, 4.69) is 15.4 Å². The number of urea groups is 1. The molecule has 29 heavy (non-hydrogen) atoms. The molecule has 9 heteroatoms. The van der Waals surface area contributed by atoms with E-state index in [4.69, 9.17) is 0 Å². The van der Waals surface area contributed by atoms with Crippen molar-refractivity contribution in [3.05, 3.63) is 65.4 Å². The molecule has 6 nitrogen and oxygen atoms in total. The molecule has 0 saturated carbocycles. The Kier molecular flexibility index (Phi) is 4.73. The van der Waals surface area contributed by atoms with Gasteiger partial charge in [-0.3, -0.25) is 9.67 Å². The van der Waals surface area contributed by atoms with Gasteiger partial charge >= 0.3 is 6.03 Å². The Morgan fingerprint density at radius 3 is 2.69 bits per heavy atom. The maximum Gasteiger partial charge on any atom is 0.322 e. The van der Waals surface area contributed by atoms with Gasteiger partial charge in [0.2, 0.25) is 0 Å². The number of halogens is 3. The lowest BCUT2D eigenvalue weighted by molar-refractivity contribution is 0.162. The van der Waals surface area contributed by atoms with Crippen molar-refractivity contribution >= 4 is 11.7 Å². The van der Waals surface area contributed by atoms with E-state index in [1.54, 1.807) is 21.8 Å². The third kappa shape index (κ3) is 3.55. The molecule has 0 fully saturated rings. The molecular weight excluding hydrogens is 383 g/mol. The molecule has 1 aromatic carbocycles. The minimum Gasteiger partial charge on any atom is -0.314 e. The molecule has 4 rings (SSSR count). The number of nitrogens with one attached hydrogen (secondary N) is 1. The maximum absolute atomic E-state index is 13.6. The summed E-state index contributed by atoms with van der Waals surface area (Å²) in [6.45, 7) is 4.00. The van der Waals surface area contributed by atoms with Crippen LogP contribution in [-0.2, 0) is 13.1 Å². The molecule has 0 spiro atoms. The molecule has 2 aromatic heterocycles. The molecule has 0 saturated heterocycles. The third-order valence-corrected chi connectivity index (χ3v) is 4.96. The Hall–Kier alpha value is -3.36. The van der Waals surface area contributed by atoms with Crippen LogP contribution in [0.4, 0.5) is 23.7 Å². The van der Waals surface area contributed by atoms with Gasteiger partial charge < -0.3 is 10.2 Å². The van der Waals surface area contributed by atoms with Gasteiger partial charge in [0.05, 0.1) is 42.9 Å². The zero-order valence-electron chi connectivity index (χ0n) is 15.8. The van der Waals surface area contributed by atoms with Gasteiger partial charge in [-0.05, 0) is 37.6 Å². The lowest BCUT2D eigenvalue weighted by Crippen LogP contribution is -2.47. The maximum atomic E-state index is 13.6. The van der Waals surface area contributed by atoms with Crippen LogP contribution in [0.25, 0.3) is 11.3 Å². The van der Waals surface area contributed by atoms with Crippen molar-refractivity contribution in [2.45, 2.75) is 33.0 Å². The highest BCUT2D eigenvalue weighted by Gasteiger charge is 2.30. The molecule has 1 unspecified atom stereocenters. The zero-order valence-corrected chi connectivity index (χ0v) is 15.8. The molecule has 150 valence electrons. The summed E-state index contributed by atoms with van der Waals surface area (Å²) in [7, 11) is 0. The number of carbonyl (C=O) groups is 1. The van der Waals surface area contributed by atoms with E-state index in [-0.39, 0.29) is 23.8 Å². The van der Waals surface area contributed by atoms with Crippen molar-refractivity contribution in [1.29, 1.82) is 0 Å². The van der Waals surface area contributed by atoms with E-state index in [0.717, 1.165) is 18.0 Å². The van der Waals surface area contributed by atoms with E-state index in [9.17, 15) is 18.0 Å². The minimum atomic E-state index is -1.02. The number of nitrogens with zero attached hydrogens (tertiary/aromatic N) is 4. The highest BCUT2D eigenvalue weighted by molar-refractivity contribution is 5.89. The number of pyridine rings is 1. The van der Waals surface area contributed by atoms with Gasteiger partial charge in [-0.15, -0.1) is 0 Å². The van der Waals surface area contributed by atoms with Gasteiger partial charge in [0.1, 0.15) is 5.82 Å². The second-order valence-corrected chi connectivity index (χ2v) is 7.04. The van der Waals surface area contributed by atoms with Gasteiger partial charge in [-0.2, -0.15) is 5.10 Å². The van der Waals surface area contributed by atoms with Crippen LogP contribution in [-0.4, -0.2) is 31.7 Å². The molecule has 1 N–H and O–H groups in total. The number of anilines is 1. The molecule has 0 radical (unpaired) electrons. The van der Waals surface area contributed by atoms with E-state index >= 15 is 0 Å². The first-order valence-electron chi connectivity index (χ1n) is 9.03. The lowest BCUT2D eigenvalue weighted by atomic mass is 10.1. The summed E-state index contributed by atoms with van der Waals surface area (Å²) in [5.74, 6) is -2.39. The Labute approximate surface area is 165 Å². The van der Waals surface area contributed by atoms with Gasteiger partial charge in [0, 0.05) is 17.3 Å². The van der Waals surface area contributed by atoms with Crippen LogP contribution in [0.3, 0.4) is 0 Å². The minimum absolute atomic E-state index is 0.106. The summed E-state index contributed by atoms with van der Waals surface area (Å²) < 4.78 is 42.1. The Morgan fingerprint density at radius 1 is 1.21 bits per heavy atom. The molecule has 1 aliphatic heterocycles. The Bertz CT molecular complexity index is 1060. The number of fused-ring (bicyclic) bond motifs is 1. The number of hydrogen-bond donors (Lipinski definition) is 1. The summed E-state index contributed by atoms with van der Waals surface area (Å²) in [4.78, 5) is 18.5. The topological polar surface area (TPSA) is 63.1 Å². The van der Waals surface area contributed by atoms with Crippen LogP contribution in [0.2, 0.25) is 0 Å². The van der Waals surface area contributed by atoms with Crippen molar-refractivity contribution in [1.82, 2.24) is 19.7 Å². The van der Waals surface area contributed by atoms with E-state index < -0.39 is 23.5 Å². The van der Waals surface area contributed by atoms with E-state index in [1.165, 1.54) is 19.1 Å². The SMILES string of the molecule is Cc1cc(NC(=O)N2Cc3c(-c4ccc(F)cn4)cnn3CC2C)cc(F)c1F. The fraction of sp³-hybridized carbons (Fsp3) is 0.250. The normalized spacial score (nSPS) is 15.9. The predicted molar refractivity (Wildman–Crippen MR) is 101 cm³/mol. The Balaban J connectivity index is 1.59. The highest BCUT2D eigenvalue weighted by Crippen LogP contribution is 2.28. The summed E-state index contributed by atoms with van der Waals surface area (Å²) in [5, 5.41) is 6.98. The first-order valence-corrected chi connectivity index (χ1v) is 9.03. The van der Waals surface area contributed by atoms with Crippen LogP contribution in [0, 0.1) is 24.4 Å². The third-order valence-electron chi connectivity index (χ3n) is 4.96. The molecule has 0 bridgehead atoms. The van der Waals surface area contributed by atoms with Crippen LogP contribution in [0.1, 0.15) is 18.2 Å². The summed E-state index contributed by atoms with van der Waals surface area (Å²) in [5.41, 5.74) is 2.31. The second-order valence-electron chi connectivity index (χ2n) is 7.04. The van der Waals surface area contributed by atoms with Crippen molar-refractivity contribution in [3.63, 3.8) is 0 Å². The standard InChI is InChI=1S/C20H18F3N5O/c1-11-5-14(6-16(22)19(11)23)26-20(29)27-10-18-15(8-25-28(18)9-12(27)2)17-4-3-13(21)7-24-17/h3-8,12H,9-10H2,1-2H3,(H,26,29). The second kappa shape index (κ2) is 7.23. The van der Waals surface area contributed by atoms with Crippen LogP contribution in [0.15, 0.2) is 36.7 Å². The average molecular weight is 401 g/mol. The quantitative estimate of drug-likeness (QED) is 0.703. The number of hydrogen-bond acceptors (Lipinski definition) is 3. The summed E-state index contributed by atoms with van der Waals surface area (Å²) in [6.07, 6.45) is 2.77. The number of amides is 2. The predicted octanol–water partition coefficient (Wildman–Crippen LogP) is 4.11. The van der Waals surface area contributed by atoms with Crippen molar-refractivity contribution in [3.8, 4) is 11.3 Å². The van der Waals surface area contributed by atoms with Gasteiger partial charge in [0.25, 0.3) is 0 Å². The number of aromatic nitrogens is 3. The van der Waals surface area contributed by atoms with Gasteiger partial charge in [0.15, 0.2) is 11.6 Å². The highest BCUT2D eigenvalue weighted by atomic mass is 19.2. The largest absolute Gasteiger partial charge is 0.322 e. The first-order chi connectivity index (χ1) is 13.8. The fourth-order valence-electron chi connectivity index (χ4n) is 3.42. The molecule has 0 aliphatic carbocycles. The molecule has 1 aliphatic rings. The molecular formula is C20H18F3N5O. The zero-order chi connectivity index (χ0) is 20.7. The monoisotopic (exact) mass is 401 g/mol. The van der Waals surface area contributed by atoms with Crippen LogP contribution in [0.5, 0.6) is 0 Å². The van der Waals surface area contributed by atoms with Gasteiger partial charge in [-0.25, -0.2) is 18.0 Å². The number of rotatable bonds is 2. The number of benzene rings is 1. The number of carbonyl (C=O) groups excluding carboxylic acids is 1. The molecule has 1 atom stereocenters. The first kappa shape index (κ1) is 19.0. The van der Waals surface area contributed by atoms with E-state index in [1.807, 2.05) is 6.92 Å². The molecule has 3 heterocycles. The van der Waals surface area contributed by atoms with Gasteiger partial charge in [-0.1, -0.05) is 0 Å². The summed E-state index contributed by atoms with van der Waals surface area (Å²) in [6, 6.07) is 4.58. The van der Waals surface area contributed by atoms with Crippen LogP contribution < -0.4 is 5.32 Å². The smallest absolute Gasteiger partial charge is 0.314 e. The van der Waals surface area contributed by atoms with E-state index in [0.29, 0.717) is 17.8 Å². The molecule has 2 amide bonds. The van der Waals surface area contributed by atoms with Crippen molar-refractivity contribution < 1.29 is 18.0 Å². The van der Waals surface area contributed by atoms with Crippen molar-refractivity contribution in [2.24, 2.45) is 0 Å². The Morgan fingerprint density at radius 2 is 2.00 bits per heavy atom. The fourth-order valence-corrected chi connectivity index (χ4v) is 3.42. The van der Waals surface area contributed by atoms with Crippen LogP contribution >= 0.6 is 0 Å². The number of aryl methyl sites for hydroxylation is 1. The molecule has 3 aromatic rings. The lowest BCUT2D eigenvalue weighted by Gasteiger charge is -2.34. The summed E-state index contributed by atoms with van der Waals surface area (Å²) >= 11 is 0. The average Bonchev–Trinajstić information content (AvgIpc) is 3.08.